The minimum atomic E-state index is 0.215. The molecule has 1 N–H and O–H groups in total. The highest BCUT2D eigenvalue weighted by Gasteiger charge is 2.29. The molecule has 5 nitrogen and oxygen atoms in total. The van der Waals surface area contributed by atoms with Crippen LogP contribution in [0.2, 0.25) is 0 Å². The number of hydrogen-bond acceptors (Lipinski definition) is 3. The first-order valence-corrected chi connectivity index (χ1v) is 11.0. The fourth-order valence-electron chi connectivity index (χ4n) is 3.73. The van der Waals surface area contributed by atoms with Crippen LogP contribution in [0.15, 0.2) is 42.5 Å². The normalized spacial score (nSPS) is 13.5. The number of imidazole rings is 1. The summed E-state index contributed by atoms with van der Waals surface area (Å²) >= 11 is 0. The summed E-state index contributed by atoms with van der Waals surface area (Å²) < 4.78 is 8.27. The zero-order chi connectivity index (χ0) is 20.9. The summed E-state index contributed by atoms with van der Waals surface area (Å²) in [6.45, 7) is 6.48. The van der Waals surface area contributed by atoms with E-state index < -0.39 is 0 Å². The Morgan fingerprint density at radius 1 is 1.13 bits per heavy atom. The molecule has 1 amide bonds. The third-order valence-corrected chi connectivity index (χ3v) is 5.83. The van der Waals surface area contributed by atoms with E-state index in [2.05, 4.69) is 54.1 Å². The van der Waals surface area contributed by atoms with Crippen LogP contribution in [-0.2, 0) is 17.8 Å². The van der Waals surface area contributed by atoms with Crippen molar-refractivity contribution in [3.63, 3.8) is 0 Å². The van der Waals surface area contributed by atoms with Gasteiger partial charge in [-0.3, -0.25) is 4.79 Å². The molecule has 5 heteroatoms. The lowest BCUT2D eigenvalue weighted by Gasteiger charge is -2.11. The van der Waals surface area contributed by atoms with Crippen molar-refractivity contribution in [1.29, 1.82) is 0 Å². The number of amides is 1. The molecule has 1 saturated carbocycles. The van der Waals surface area contributed by atoms with Gasteiger partial charge in [0.1, 0.15) is 11.6 Å². The van der Waals surface area contributed by atoms with Gasteiger partial charge in [-0.25, -0.2) is 4.98 Å². The van der Waals surface area contributed by atoms with Crippen LogP contribution in [0.3, 0.4) is 0 Å². The SMILES string of the molecule is Cc1ccc(OCCCn2c(CCCNC(=O)C3CC3)nc3ccccc32)cc1C. The van der Waals surface area contributed by atoms with Gasteiger partial charge < -0.3 is 14.6 Å². The molecule has 30 heavy (non-hydrogen) atoms. The molecule has 0 aliphatic heterocycles. The average Bonchev–Trinajstić information content (AvgIpc) is 3.54. The minimum Gasteiger partial charge on any atom is -0.494 e. The van der Waals surface area contributed by atoms with Crippen LogP contribution in [0, 0.1) is 19.8 Å². The van der Waals surface area contributed by atoms with Gasteiger partial charge in [-0.2, -0.15) is 0 Å². The highest BCUT2D eigenvalue weighted by Crippen LogP contribution is 2.28. The second-order valence-electron chi connectivity index (χ2n) is 8.29. The Bertz CT molecular complexity index is 1020. The summed E-state index contributed by atoms with van der Waals surface area (Å²) in [4.78, 5) is 16.7. The average molecular weight is 406 g/mol. The number of nitrogens with zero attached hydrogens (tertiary/aromatic N) is 2. The lowest BCUT2D eigenvalue weighted by Crippen LogP contribution is -2.26. The Kier molecular flexibility index (Phi) is 6.36. The lowest BCUT2D eigenvalue weighted by atomic mass is 10.1. The van der Waals surface area contributed by atoms with Crippen molar-refractivity contribution in [2.75, 3.05) is 13.2 Å². The van der Waals surface area contributed by atoms with Crippen LogP contribution in [0.25, 0.3) is 11.0 Å². The molecule has 0 saturated heterocycles. The molecule has 3 aromatic rings. The molecule has 0 bridgehead atoms. The molecule has 4 rings (SSSR count). The Morgan fingerprint density at radius 2 is 1.97 bits per heavy atom. The second kappa shape index (κ2) is 9.33. The van der Waals surface area contributed by atoms with Gasteiger partial charge in [0.05, 0.1) is 17.6 Å². The number of para-hydroxylation sites is 2. The van der Waals surface area contributed by atoms with Gasteiger partial charge in [-0.15, -0.1) is 0 Å². The Morgan fingerprint density at radius 3 is 2.77 bits per heavy atom. The molecule has 1 fully saturated rings. The number of nitrogens with one attached hydrogen (secondary N) is 1. The number of carbonyl (C=O) groups is 1. The van der Waals surface area contributed by atoms with Crippen molar-refractivity contribution in [2.24, 2.45) is 5.92 Å². The van der Waals surface area contributed by atoms with E-state index in [-0.39, 0.29) is 11.8 Å². The van der Waals surface area contributed by atoms with Crippen molar-refractivity contribution in [2.45, 2.75) is 52.5 Å². The smallest absolute Gasteiger partial charge is 0.223 e. The summed E-state index contributed by atoms with van der Waals surface area (Å²) in [5.74, 6) is 2.50. The second-order valence-corrected chi connectivity index (χ2v) is 8.29. The van der Waals surface area contributed by atoms with Crippen LogP contribution in [0.5, 0.6) is 5.75 Å². The molecular formula is C25H31N3O2. The lowest BCUT2D eigenvalue weighted by molar-refractivity contribution is -0.122. The third-order valence-electron chi connectivity index (χ3n) is 5.83. The standard InChI is InChI=1S/C25H31N3O2/c1-18-10-13-21(17-19(18)2)30-16-6-15-28-23-8-4-3-7-22(23)27-24(28)9-5-14-26-25(29)20-11-12-20/h3-4,7-8,10,13,17,20H,5-6,9,11-12,14-16H2,1-2H3,(H,26,29). The van der Waals surface area contributed by atoms with E-state index in [4.69, 9.17) is 9.72 Å². The van der Waals surface area contributed by atoms with Gasteiger partial charge in [0.2, 0.25) is 5.91 Å². The molecular weight excluding hydrogens is 374 g/mol. The Labute approximate surface area is 178 Å². The van der Waals surface area contributed by atoms with Crippen molar-refractivity contribution in [1.82, 2.24) is 14.9 Å². The number of fused-ring (bicyclic) bond motifs is 1. The van der Waals surface area contributed by atoms with Gasteiger partial charge in [0, 0.05) is 25.4 Å². The Balaban J connectivity index is 1.33. The van der Waals surface area contributed by atoms with Gasteiger partial charge >= 0.3 is 0 Å². The molecule has 0 unspecified atom stereocenters. The molecule has 0 atom stereocenters. The number of aromatic nitrogens is 2. The maximum atomic E-state index is 11.8. The molecule has 1 aliphatic rings. The third kappa shape index (κ3) is 5.02. The number of benzene rings is 2. The van der Waals surface area contributed by atoms with E-state index in [9.17, 15) is 4.79 Å². The van der Waals surface area contributed by atoms with Gasteiger partial charge in [-0.1, -0.05) is 18.2 Å². The van der Waals surface area contributed by atoms with Gasteiger partial charge in [0.15, 0.2) is 0 Å². The van der Waals surface area contributed by atoms with E-state index in [0.717, 1.165) is 55.7 Å². The minimum absolute atomic E-state index is 0.215. The van der Waals surface area contributed by atoms with Crippen molar-refractivity contribution in [3.8, 4) is 5.75 Å². The number of rotatable bonds is 10. The molecule has 1 aromatic heterocycles. The summed E-state index contributed by atoms with van der Waals surface area (Å²) in [6.07, 6.45) is 4.77. The molecule has 0 radical (unpaired) electrons. The number of ether oxygens (including phenoxy) is 1. The van der Waals surface area contributed by atoms with Crippen LogP contribution in [0.1, 0.15) is 42.6 Å². The van der Waals surface area contributed by atoms with E-state index in [0.29, 0.717) is 13.2 Å². The number of aryl methyl sites for hydroxylation is 4. The molecule has 0 spiro atoms. The molecule has 158 valence electrons. The predicted molar refractivity (Wildman–Crippen MR) is 120 cm³/mol. The summed E-state index contributed by atoms with van der Waals surface area (Å²) in [7, 11) is 0. The molecule has 1 heterocycles. The predicted octanol–water partition coefficient (Wildman–Crippen LogP) is 4.58. The first-order valence-electron chi connectivity index (χ1n) is 11.0. The van der Waals surface area contributed by atoms with E-state index >= 15 is 0 Å². The van der Waals surface area contributed by atoms with Crippen molar-refractivity contribution in [3.05, 3.63) is 59.4 Å². The topological polar surface area (TPSA) is 56.1 Å². The van der Waals surface area contributed by atoms with E-state index in [1.807, 2.05) is 12.1 Å². The van der Waals surface area contributed by atoms with Crippen LogP contribution in [0.4, 0.5) is 0 Å². The highest BCUT2D eigenvalue weighted by molar-refractivity contribution is 5.80. The largest absolute Gasteiger partial charge is 0.494 e. The monoisotopic (exact) mass is 405 g/mol. The highest BCUT2D eigenvalue weighted by atomic mass is 16.5. The van der Waals surface area contributed by atoms with Crippen LogP contribution in [-0.4, -0.2) is 28.6 Å². The van der Waals surface area contributed by atoms with Gasteiger partial charge in [-0.05, 0) is 74.9 Å². The zero-order valence-corrected chi connectivity index (χ0v) is 18.0. The molecule has 1 aliphatic carbocycles. The van der Waals surface area contributed by atoms with E-state index in [1.165, 1.54) is 16.6 Å². The maximum absolute atomic E-state index is 11.8. The fraction of sp³-hybridized carbons (Fsp3) is 0.440. The molecule has 2 aromatic carbocycles. The van der Waals surface area contributed by atoms with Crippen LogP contribution >= 0.6 is 0 Å². The van der Waals surface area contributed by atoms with Crippen molar-refractivity contribution < 1.29 is 9.53 Å². The number of carbonyl (C=O) groups excluding carboxylic acids is 1. The first-order chi connectivity index (χ1) is 14.6. The number of hydrogen-bond donors (Lipinski definition) is 1. The fourth-order valence-corrected chi connectivity index (χ4v) is 3.73. The zero-order valence-electron chi connectivity index (χ0n) is 18.0. The summed E-state index contributed by atoms with van der Waals surface area (Å²) in [6, 6.07) is 14.5. The van der Waals surface area contributed by atoms with Crippen LogP contribution < -0.4 is 10.1 Å². The van der Waals surface area contributed by atoms with E-state index in [1.54, 1.807) is 0 Å². The van der Waals surface area contributed by atoms with Gasteiger partial charge in [0.25, 0.3) is 0 Å². The Hall–Kier alpha value is -2.82. The quantitative estimate of drug-likeness (QED) is 0.502. The summed E-state index contributed by atoms with van der Waals surface area (Å²) in [5, 5.41) is 3.05. The maximum Gasteiger partial charge on any atom is 0.223 e. The van der Waals surface area contributed by atoms with Crippen molar-refractivity contribution >= 4 is 16.9 Å². The first kappa shape index (κ1) is 20.5. The summed E-state index contributed by atoms with van der Waals surface area (Å²) in [5.41, 5.74) is 4.74.